The van der Waals surface area contributed by atoms with Crippen LogP contribution in [0.4, 0.5) is 0 Å². The minimum Gasteiger partial charge on any atom is -0.507 e. The Hall–Kier alpha value is -3.71. The van der Waals surface area contributed by atoms with E-state index in [1.165, 1.54) is 19.3 Å². The van der Waals surface area contributed by atoms with Gasteiger partial charge in [0.1, 0.15) is 28.8 Å². The van der Waals surface area contributed by atoms with Crippen LogP contribution in [-0.2, 0) is 4.74 Å². The largest absolute Gasteiger partial charge is 0.507 e. The molecule has 0 aliphatic heterocycles. The molecule has 0 bridgehead atoms. The molecule has 6 nitrogen and oxygen atoms in total. The molecule has 4 rings (SSSR count). The molecule has 168 valence electrons. The van der Waals surface area contributed by atoms with Crippen LogP contribution in [0.2, 0.25) is 0 Å². The highest BCUT2D eigenvalue weighted by Gasteiger charge is 2.49. The molecule has 0 unspecified atom stereocenters. The van der Waals surface area contributed by atoms with Crippen molar-refractivity contribution in [3.8, 4) is 35.2 Å². The molecule has 0 spiro atoms. The lowest BCUT2D eigenvalue weighted by Gasteiger charge is -2.28. The van der Waals surface area contributed by atoms with Crippen molar-refractivity contribution in [3.05, 3.63) is 59.7 Å². The normalized spacial score (nSPS) is 25.7. The number of hydrogen-bond acceptors (Lipinski definition) is 6. The maximum atomic E-state index is 13.2. The van der Waals surface area contributed by atoms with Crippen LogP contribution in [0.25, 0.3) is 10.8 Å². The van der Waals surface area contributed by atoms with Gasteiger partial charge in [0, 0.05) is 29.7 Å². The van der Waals surface area contributed by atoms with Gasteiger partial charge in [-0.15, -0.1) is 12.5 Å². The van der Waals surface area contributed by atoms with Gasteiger partial charge in [-0.3, -0.25) is 0 Å². The number of rotatable bonds is 4. The SMILES string of the molecule is C=C[C@@H]1C#CC2=C[C@@H](OC(=O)c3c(O)ccc4c(C)cc(OC)cc34)[C@H](O)[C@]2(O)CC#CC1. The number of aryl methyl sites for hydroxylation is 1. The molecule has 0 fully saturated rings. The van der Waals surface area contributed by atoms with Crippen molar-refractivity contribution in [3.63, 3.8) is 0 Å². The third-order valence-electron chi connectivity index (χ3n) is 6.06. The number of methoxy groups -OCH3 is 1. The summed E-state index contributed by atoms with van der Waals surface area (Å²) in [5.74, 6) is 10.9. The van der Waals surface area contributed by atoms with Crippen molar-refractivity contribution in [1.29, 1.82) is 0 Å². The molecular formula is C27H24O6. The van der Waals surface area contributed by atoms with Crippen molar-refractivity contribution >= 4 is 16.7 Å². The van der Waals surface area contributed by atoms with E-state index in [2.05, 4.69) is 30.3 Å². The predicted octanol–water partition coefficient (Wildman–Crippen LogP) is 3.02. The summed E-state index contributed by atoms with van der Waals surface area (Å²) in [6.07, 6.45) is 0.914. The summed E-state index contributed by atoms with van der Waals surface area (Å²) in [6.45, 7) is 5.61. The number of carbonyl (C=O) groups excluding carboxylic acids is 1. The van der Waals surface area contributed by atoms with E-state index in [-0.39, 0.29) is 29.2 Å². The van der Waals surface area contributed by atoms with Crippen LogP contribution in [0.15, 0.2) is 48.6 Å². The van der Waals surface area contributed by atoms with Crippen molar-refractivity contribution in [2.45, 2.75) is 37.6 Å². The fourth-order valence-electron chi connectivity index (χ4n) is 4.11. The standard InChI is InChI=1S/C27H24O6/c1-4-17-7-5-6-12-27(31)18(9-8-17)14-23(25(27)29)33-26(30)24-21-15-19(32-3)13-16(2)20(21)10-11-22(24)28/h4,10-11,13-15,17,23,25,28-29,31H,1,7,12H2,2-3H3/t17-,23+,25-,27-/m0/s1. The predicted molar refractivity (Wildman–Crippen MR) is 124 cm³/mol. The lowest BCUT2D eigenvalue weighted by molar-refractivity contribution is -0.0779. The number of hydrogen-bond donors (Lipinski definition) is 3. The number of aliphatic hydroxyl groups is 2. The summed E-state index contributed by atoms with van der Waals surface area (Å²) < 4.78 is 10.9. The quantitative estimate of drug-likeness (QED) is 0.381. The molecule has 0 saturated heterocycles. The Morgan fingerprint density at radius 1 is 1.27 bits per heavy atom. The first-order valence-electron chi connectivity index (χ1n) is 10.5. The zero-order chi connectivity index (χ0) is 23.8. The topological polar surface area (TPSA) is 96.2 Å². The van der Waals surface area contributed by atoms with Crippen molar-refractivity contribution in [2.24, 2.45) is 5.92 Å². The van der Waals surface area contributed by atoms with Gasteiger partial charge in [-0.1, -0.05) is 29.9 Å². The number of aromatic hydroxyl groups is 1. The number of phenolic OH excluding ortho intramolecular Hbond substituents is 1. The van der Waals surface area contributed by atoms with Gasteiger partial charge in [0.2, 0.25) is 0 Å². The number of fused-ring (bicyclic) bond motifs is 2. The van der Waals surface area contributed by atoms with Crippen LogP contribution in [0, 0.1) is 36.5 Å². The minimum atomic E-state index is -1.76. The monoisotopic (exact) mass is 444 g/mol. The maximum absolute atomic E-state index is 13.2. The Bertz CT molecular complexity index is 1300. The molecule has 0 amide bonds. The Balaban J connectivity index is 1.72. The first kappa shape index (κ1) is 22.5. The van der Waals surface area contributed by atoms with E-state index in [1.54, 1.807) is 18.2 Å². The van der Waals surface area contributed by atoms with E-state index >= 15 is 0 Å². The fraction of sp³-hybridized carbons (Fsp3) is 0.296. The minimum absolute atomic E-state index is 0.0502. The molecule has 0 aromatic heterocycles. The second-order valence-corrected chi connectivity index (χ2v) is 8.16. The number of aliphatic hydroxyl groups excluding tert-OH is 1. The van der Waals surface area contributed by atoms with Gasteiger partial charge in [-0.25, -0.2) is 4.79 Å². The molecule has 0 heterocycles. The van der Waals surface area contributed by atoms with Crippen LogP contribution in [0.3, 0.4) is 0 Å². The summed E-state index contributed by atoms with van der Waals surface area (Å²) in [5, 5.41) is 33.7. The van der Waals surface area contributed by atoms with E-state index in [4.69, 9.17) is 9.47 Å². The summed E-state index contributed by atoms with van der Waals surface area (Å²) in [4.78, 5) is 13.2. The van der Waals surface area contributed by atoms with E-state index in [1.807, 2.05) is 13.0 Å². The molecule has 4 atom stereocenters. The van der Waals surface area contributed by atoms with Crippen LogP contribution >= 0.6 is 0 Å². The van der Waals surface area contributed by atoms with Gasteiger partial charge in [-0.05, 0) is 42.1 Å². The van der Waals surface area contributed by atoms with Crippen LogP contribution in [0.5, 0.6) is 11.5 Å². The molecule has 33 heavy (non-hydrogen) atoms. The van der Waals surface area contributed by atoms with Gasteiger partial charge in [0.05, 0.1) is 7.11 Å². The lowest BCUT2D eigenvalue weighted by Crippen LogP contribution is -2.45. The molecule has 6 heteroatoms. The third-order valence-corrected chi connectivity index (χ3v) is 6.06. The third kappa shape index (κ3) is 3.96. The summed E-state index contributed by atoms with van der Waals surface area (Å²) >= 11 is 0. The van der Waals surface area contributed by atoms with E-state index in [0.29, 0.717) is 17.6 Å². The molecule has 0 saturated carbocycles. The Kier molecular flexibility index (Phi) is 5.91. The Morgan fingerprint density at radius 3 is 2.79 bits per heavy atom. The van der Waals surface area contributed by atoms with Crippen LogP contribution in [0.1, 0.15) is 28.8 Å². The van der Waals surface area contributed by atoms with Gasteiger partial charge in [-0.2, -0.15) is 0 Å². The average Bonchev–Trinajstić information content (AvgIpc) is 3.06. The second kappa shape index (κ2) is 8.67. The van der Waals surface area contributed by atoms with Crippen molar-refractivity contribution in [2.75, 3.05) is 7.11 Å². The molecular weight excluding hydrogens is 420 g/mol. The van der Waals surface area contributed by atoms with Crippen molar-refractivity contribution < 1.29 is 29.6 Å². The second-order valence-electron chi connectivity index (χ2n) is 8.16. The highest BCUT2D eigenvalue weighted by atomic mass is 16.6. The van der Waals surface area contributed by atoms with Crippen molar-refractivity contribution in [1.82, 2.24) is 0 Å². The summed E-state index contributed by atoms with van der Waals surface area (Å²) in [5.41, 5.74) is -0.709. The molecule has 2 aliphatic rings. The number of allylic oxidation sites excluding steroid dienone is 1. The lowest BCUT2D eigenvalue weighted by atomic mass is 9.89. The molecule has 2 aliphatic carbocycles. The van der Waals surface area contributed by atoms with Crippen LogP contribution < -0.4 is 4.74 Å². The zero-order valence-electron chi connectivity index (χ0n) is 18.4. The smallest absolute Gasteiger partial charge is 0.343 e. The van der Waals surface area contributed by atoms with E-state index in [0.717, 1.165) is 10.9 Å². The first-order valence-corrected chi connectivity index (χ1v) is 10.5. The molecule has 0 radical (unpaired) electrons. The molecule has 2 aromatic rings. The van der Waals surface area contributed by atoms with E-state index < -0.39 is 23.8 Å². The van der Waals surface area contributed by atoms with Gasteiger partial charge < -0.3 is 24.8 Å². The number of phenols is 1. The van der Waals surface area contributed by atoms with Gasteiger partial charge in [0.25, 0.3) is 0 Å². The fourth-order valence-corrected chi connectivity index (χ4v) is 4.11. The Morgan fingerprint density at radius 2 is 2.06 bits per heavy atom. The highest BCUT2D eigenvalue weighted by molar-refractivity contribution is 6.08. The molecule has 3 N–H and O–H groups in total. The van der Waals surface area contributed by atoms with Gasteiger partial charge >= 0.3 is 5.97 Å². The van der Waals surface area contributed by atoms with Crippen LogP contribution in [-0.4, -0.2) is 46.2 Å². The summed E-state index contributed by atoms with van der Waals surface area (Å²) in [6, 6.07) is 6.60. The van der Waals surface area contributed by atoms with E-state index in [9.17, 15) is 20.1 Å². The molecule has 2 aromatic carbocycles. The number of carbonyl (C=O) groups is 1. The highest BCUT2D eigenvalue weighted by Crippen LogP contribution is 2.38. The zero-order valence-corrected chi connectivity index (χ0v) is 18.4. The number of esters is 1. The first-order chi connectivity index (χ1) is 15.8. The summed E-state index contributed by atoms with van der Waals surface area (Å²) in [7, 11) is 1.51. The number of ether oxygens (including phenoxy) is 2. The van der Waals surface area contributed by atoms with Gasteiger partial charge in [0.15, 0.2) is 6.10 Å². The average molecular weight is 444 g/mol. The number of benzene rings is 2. The maximum Gasteiger partial charge on any atom is 0.343 e. The Labute approximate surface area is 192 Å².